The van der Waals surface area contributed by atoms with Crippen LogP contribution in [0.2, 0.25) is 5.02 Å². The van der Waals surface area contributed by atoms with Crippen molar-refractivity contribution in [2.24, 2.45) is 0 Å². The van der Waals surface area contributed by atoms with Gasteiger partial charge in [-0.15, -0.1) is 0 Å². The predicted molar refractivity (Wildman–Crippen MR) is 80.1 cm³/mol. The molecule has 0 aliphatic heterocycles. The van der Waals surface area contributed by atoms with Crippen molar-refractivity contribution in [3.63, 3.8) is 0 Å². The number of aliphatic hydroxyl groups excluding tert-OH is 1. The molecular weight excluding hydrogens is 278 g/mol. The van der Waals surface area contributed by atoms with E-state index in [1.54, 1.807) is 43.0 Å². The van der Waals surface area contributed by atoms with Gasteiger partial charge in [-0.2, -0.15) is 0 Å². The molecule has 0 heterocycles. The predicted octanol–water partition coefficient (Wildman–Crippen LogP) is 2.73. The van der Waals surface area contributed by atoms with Crippen LogP contribution in [0.5, 0.6) is 5.75 Å². The van der Waals surface area contributed by atoms with Crippen molar-refractivity contribution < 1.29 is 14.6 Å². The van der Waals surface area contributed by atoms with E-state index >= 15 is 0 Å². The number of nitrogens with zero attached hydrogens (tertiary/aromatic N) is 1. The lowest BCUT2D eigenvalue weighted by Crippen LogP contribution is -2.47. The first-order valence-corrected chi connectivity index (χ1v) is 7.09. The summed E-state index contributed by atoms with van der Waals surface area (Å²) in [5, 5.41) is 10.1. The van der Waals surface area contributed by atoms with Gasteiger partial charge in [0.2, 0.25) is 0 Å². The molecule has 0 saturated heterocycles. The molecule has 1 aromatic carbocycles. The van der Waals surface area contributed by atoms with Crippen LogP contribution in [0.3, 0.4) is 0 Å². The van der Waals surface area contributed by atoms with E-state index in [4.69, 9.17) is 16.3 Å². The molecule has 2 atom stereocenters. The Hall–Kier alpha value is -1.26. The third kappa shape index (κ3) is 5.02. The number of halogens is 1. The zero-order valence-electron chi connectivity index (χ0n) is 12.3. The second kappa shape index (κ2) is 7.50. The number of ether oxygens (including phenoxy) is 1. The van der Waals surface area contributed by atoms with Crippen molar-refractivity contribution in [2.75, 3.05) is 6.54 Å². The number of carbonyl (C=O) groups is 1. The quantitative estimate of drug-likeness (QED) is 0.878. The minimum Gasteiger partial charge on any atom is -0.481 e. The molecule has 4 nitrogen and oxygen atoms in total. The fourth-order valence-corrected chi connectivity index (χ4v) is 1.97. The van der Waals surface area contributed by atoms with Crippen molar-refractivity contribution >= 4 is 17.5 Å². The van der Waals surface area contributed by atoms with Crippen LogP contribution in [0, 0.1) is 0 Å². The number of carbonyl (C=O) groups excluding carboxylic acids is 1. The monoisotopic (exact) mass is 299 g/mol. The van der Waals surface area contributed by atoms with Gasteiger partial charge < -0.3 is 14.7 Å². The zero-order valence-corrected chi connectivity index (χ0v) is 13.1. The normalized spacial score (nSPS) is 13.9. The second-order valence-electron chi connectivity index (χ2n) is 5.15. The summed E-state index contributed by atoms with van der Waals surface area (Å²) in [4.78, 5) is 14.0. The van der Waals surface area contributed by atoms with Gasteiger partial charge in [0.15, 0.2) is 6.10 Å². The minimum absolute atomic E-state index is 0.00775. The van der Waals surface area contributed by atoms with Crippen molar-refractivity contribution in [2.45, 2.75) is 45.9 Å². The highest BCUT2D eigenvalue weighted by Gasteiger charge is 2.25. The van der Waals surface area contributed by atoms with Gasteiger partial charge in [0.1, 0.15) is 5.75 Å². The third-order valence-corrected chi connectivity index (χ3v) is 3.09. The summed E-state index contributed by atoms with van der Waals surface area (Å²) in [6.07, 6.45) is -1.18. The molecule has 0 radical (unpaired) electrons. The standard InChI is InChI=1S/C15H22ClNO3/c1-10(2)17(9-11(3)18)15(19)12(4)20-14-7-5-13(16)6-8-14/h5-8,10-12,18H,9H2,1-4H3. The van der Waals surface area contributed by atoms with Crippen LogP contribution in [-0.2, 0) is 4.79 Å². The molecule has 2 unspecified atom stereocenters. The van der Waals surface area contributed by atoms with Crippen LogP contribution in [0.25, 0.3) is 0 Å². The Morgan fingerprint density at radius 3 is 2.25 bits per heavy atom. The molecule has 1 N–H and O–H groups in total. The summed E-state index contributed by atoms with van der Waals surface area (Å²) in [5.41, 5.74) is 0. The third-order valence-electron chi connectivity index (χ3n) is 2.84. The molecule has 5 heteroatoms. The van der Waals surface area contributed by atoms with Crippen molar-refractivity contribution in [1.82, 2.24) is 4.90 Å². The van der Waals surface area contributed by atoms with Gasteiger partial charge in [0, 0.05) is 17.6 Å². The second-order valence-corrected chi connectivity index (χ2v) is 5.58. The molecule has 0 aromatic heterocycles. The number of benzene rings is 1. The first kappa shape index (κ1) is 16.8. The lowest BCUT2D eigenvalue weighted by Gasteiger charge is -2.30. The lowest BCUT2D eigenvalue weighted by atomic mass is 10.2. The molecule has 1 aromatic rings. The maximum Gasteiger partial charge on any atom is 0.263 e. The SMILES string of the molecule is CC(O)CN(C(=O)C(C)Oc1ccc(Cl)cc1)C(C)C. The molecular formula is C15H22ClNO3. The van der Waals surface area contributed by atoms with Gasteiger partial charge in [-0.05, 0) is 52.0 Å². The Morgan fingerprint density at radius 2 is 1.80 bits per heavy atom. The summed E-state index contributed by atoms with van der Waals surface area (Å²) in [5.74, 6) is 0.451. The fourth-order valence-electron chi connectivity index (χ4n) is 1.84. The number of aliphatic hydroxyl groups is 1. The van der Waals surface area contributed by atoms with Crippen LogP contribution < -0.4 is 4.74 Å². The van der Waals surface area contributed by atoms with E-state index < -0.39 is 12.2 Å². The van der Waals surface area contributed by atoms with Gasteiger partial charge in [-0.3, -0.25) is 4.79 Å². The fraction of sp³-hybridized carbons (Fsp3) is 0.533. The Kier molecular flexibility index (Phi) is 6.30. The first-order valence-electron chi connectivity index (χ1n) is 6.72. The van der Waals surface area contributed by atoms with Crippen molar-refractivity contribution in [3.8, 4) is 5.75 Å². The summed E-state index contributed by atoms with van der Waals surface area (Å²) in [6, 6.07) is 6.88. The van der Waals surface area contributed by atoms with Crippen molar-refractivity contribution in [1.29, 1.82) is 0 Å². The van der Waals surface area contributed by atoms with Gasteiger partial charge in [0.05, 0.1) is 6.10 Å². The van der Waals surface area contributed by atoms with Crippen LogP contribution in [0.15, 0.2) is 24.3 Å². The van der Waals surface area contributed by atoms with E-state index in [9.17, 15) is 9.90 Å². The Balaban J connectivity index is 2.71. The average molecular weight is 300 g/mol. The lowest BCUT2D eigenvalue weighted by molar-refractivity contribution is -0.141. The maximum absolute atomic E-state index is 12.4. The van der Waals surface area contributed by atoms with Crippen molar-refractivity contribution in [3.05, 3.63) is 29.3 Å². The van der Waals surface area contributed by atoms with Gasteiger partial charge in [-0.25, -0.2) is 0 Å². The number of hydrogen-bond donors (Lipinski definition) is 1. The molecule has 0 aliphatic carbocycles. The van der Waals surface area contributed by atoms with Crippen LogP contribution >= 0.6 is 11.6 Å². The topological polar surface area (TPSA) is 49.8 Å². The van der Waals surface area contributed by atoms with Crippen LogP contribution in [0.4, 0.5) is 0 Å². The van der Waals surface area contributed by atoms with Crippen LogP contribution in [0.1, 0.15) is 27.7 Å². The number of amides is 1. The smallest absolute Gasteiger partial charge is 0.263 e. The van der Waals surface area contributed by atoms with Gasteiger partial charge in [0.25, 0.3) is 5.91 Å². The largest absolute Gasteiger partial charge is 0.481 e. The van der Waals surface area contributed by atoms with Gasteiger partial charge >= 0.3 is 0 Å². The molecule has 1 rings (SSSR count). The average Bonchev–Trinajstić information content (AvgIpc) is 2.37. The molecule has 0 bridgehead atoms. The Morgan fingerprint density at radius 1 is 1.25 bits per heavy atom. The summed E-state index contributed by atoms with van der Waals surface area (Å²) in [6.45, 7) is 7.48. The van der Waals surface area contributed by atoms with E-state index in [-0.39, 0.29) is 11.9 Å². The Labute approximate surface area is 125 Å². The van der Waals surface area contributed by atoms with E-state index in [0.29, 0.717) is 17.3 Å². The summed E-state index contributed by atoms with van der Waals surface area (Å²) >= 11 is 5.80. The zero-order chi connectivity index (χ0) is 15.3. The summed E-state index contributed by atoms with van der Waals surface area (Å²) < 4.78 is 5.61. The van der Waals surface area contributed by atoms with Crippen LogP contribution in [-0.4, -0.2) is 40.7 Å². The highest BCUT2D eigenvalue weighted by molar-refractivity contribution is 6.30. The van der Waals surface area contributed by atoms with E-state index in [0.717, 1.165) is 0 Å². The number of hydrogen-bond acceptors (Lipinski definition) is 3. The highest BCUT2D eigenvalue weighted by atomic mass is 35.5. The first-order chi connectivity index (χ1) is 9.31. The minimum atomic E-state index is -0.614. The molecule has 0 spiro atoms. The summed E-state index contributed by atoms with van der Waals surface area (Å²) in [7, 11) is 0. The highest BCUT2D eigenvalue weighted by Crippen LogP contribution is 2.17. The maximum atomic E-state index is 12.4. The van der Waals surface area contributed by atoms with Gasteiger partial charge in [-0.1, -0.05) is 11.6 Å². The van der Waals surface area contributed by atoms with E-state index in [2.05, 4.69) is 0 Å². The van der Waals surface area contributed by atoms with E-state index in [1.165, 1.54) is 0 Å². The molecule has 0 aliphatic rings. The Bertz CT molecular complexity index is 431. The molecule has 0 fully saturated rings. The number of rotatable bonds is 6. The van der Waals surface area contributed by atoms with E-state index in [1.807, 2.05) is 13.8 Å². The molecule has 20 heavy (non-hydrogen) atoms. The molecule has 112 valence electrons. The molecule has 0 saturated carbocycles. The molecule has 1 amide bonds.